The van der Waals surface area contributed by atoms with Gasteiger partial charge in [0.15, 0.2) is 0 Å². The van der Waals surface area contributed by atoms with Crippen LogP contribution in [0.1, 0.15) is 6.85 Å². The van der Waals surface area contributed by atoms with E-state index in [-0.39, 0.29) is 29.7 Å². The van der Waals surface area contributed by atoms with Gasteiger partial charge in [0.2, 0.25) is 0 Å². The van der Waals surface area contributed by atoms with Crippen LogP contribution in [-0.4, -0.2) is 4.57 Å². The fourth-order valence-corrected chi connectivity index (χ4v) is 9.26. The number of para-hydroxylation sites is 1. The molecule has 0 aliphatic heterocycles. The van der Waals surface area contributed by atoms with Gasteiger partial charge in [-0.3, -0.25) is 0 Å². The van der Waals surface area contributed by atoms with Gasteiger partial charge in [-0.1, -0.05) is 194 Å². The minimum atomic E-state index is -0.403. The fraction of sp³-hybridized carbons (Fsp3) is 0. The maximum Gasteiger partial charge on any atom is 0.0629 e. The first-order chi connectivity index (χ1) is 33.8. The van der Waals surface area contributed by atoms with E-state index in [1.165, 1.54) is 32.6 Å². The van der Waals surface area contributed by atoms with Crippen LogP contribution in [0.3, 0.4) is 0 Å². The second-order valence-electron chi connectivity index (χ2n) is 16.2. The van der Waals surface area contributed by atoms with E-state index in [0.717, 1.165) is 66.9 Å². The van der Waals surface area contributed by atoms with Crippen LogP contribution in [0.2, 0.25) is 0 Å². The zero-order chi connectivity index (χ0) is 46.8. The SMILES string of the molecule is [2H]c1c([2H])c([2H])c(-c2ccc(N(c3ccc(-c4ccccc4)cc3)c3ccc4cc(-c5ccc(-c6ccc7c8ccc9ccccc9c8n(-c8ccccc8)c7c6)cc5)ccc4c3)cc2)c([2H])c1[2H]. The molecule has 2 nitrogen and oxygen atoms in total. The van der Waals surface area contributed by atoms with Crippen LogP contribution >= 0.6 is 0 Å². The quantitative estimate of drug-likeness (QED) is 0.148. The van der Waals surface area contributed by atoms with Crippen LogP contribution in [0.25, 0.3) is 93.5 Å². The third kappa shape index (κ3) is 6.70. The molecule has 12 aromatic rings. The Morgan fingerprint density at radius 2 is 0.797 bits per heavy atom. The lowest BCUT2D eigenvalue weighted by Gasteiger charge is -2.26. The molecule has 0 aliphatic rings. The van der Waals surface area contributed by atoms with E-state index in [4.69, 9.17) is 6.85 Å². The standard InChI is InChI=1S/C62H42N2/c1-4-12-43(13-5-1)45-26-33-55(34-27-45)63(56-35-28-46(29-36-56)44-14-6-2-7-15-44)57-37-30-51-40-50(24-25-52(51)41-57)47-20-22-48(23-21-47)53-32-38-59-60-39-31-49-16-10-11-19-58(49)62(60)64(61(59)42-53)54-17-8-3-9-18-54/h1-42H/i1D,4D,5D,12D,13D. The maximum absolute atomic E-state index is 8.57. The van der Waals surface area contributed by atoms with Crippen molar-refractivity contribution >= 4 is 60.4 Å². The molecule has 1 aromatic heterocycles. The lowest BCUT2D eigenvalue weighted by atomic mass is 9.97. The highest BCUT2D eigenvalue weighted by Gasteiger charge is 2.17. The zero-order valence-electron chi connectivity index (χ0n) is 39.8. The van der Waals surface area contributed by atoms with Crippen molar-refractivity contribution in [2.45, 2.75) is 0 Å². The first-order valence-corrected chi connectivity index (χ1v) is 21.6. The van der Waals surface area contributed by atoms with Crippen LogP contribution in [0, 0.1) is 0 Å². The van der Waals surface area contributed by atoms with Crippen LogP contribution in [0.15, 0.2) is 255 Å². The summed E-state index contributed by atoms with van der Waals surface area (Å²) in [6, 6.07) is 77.4. The molecule has 0 aliphatic carbocycles. The summed E-state index contributed by atoms with van der Waals surface area (Å²) in [5, 5.41) is 7.14. The number of hydrogen-bond acceptors (Lipinski definition) is 1. The van der Waals surface area contributed by atoms with Crippen LogP contribution in [0.4, 0.5) is 17.1 Å². The monoisotopic (exact) mass is 819 g/mol. The lowest BCUT2D eigenvalue weighted by molar-refractivity contribution is 1.19. The molecule has 12 rings (SSSR count). The summed E-state index contributed by atoms with van der Waals surface area (Å²) >= 11 is 0. The topological polar surface area (TPSA) is 8.17 Å². The van der Waals surface area contributed by atoms with Gasteiger partial charge < -0.3 is 9.47 Å². The average molecular weight is 820 g/mol. The van der Waals surface area contributed by atoms with Crippen molar-refractivity contribution in [2.24, 2.45) is 0 Å². The normalized spacial score (nSPS) is 12.5. The largest absolute Gasteiger partial charge is 0.310 e. The highest BCUT2D eigenvalue weighted by atomic mass is 15.1. The van der Waals surface area contributed by atoms with Gasteiger partial charge >= 0.3 is 0 Å². The van der Waals surface area contributed by atoms with E-state index in [9.17, 15) is 0 Å². The van der Waals surface area contributed by atoms with E-state index in [1.807, 2.05) is 42.5 Å². The Hall–Kier alpha value is -8.46. The maximum atomic E-state index is 8.57. The summed E-state index contributed by atoms with van der Waals surface area (Å²) < 4.78 is 44.1. The molecule has 0 bridgehead atoms. The summed E-state index contributed by atoms with van der Waals surface area (Å²) in [6.45, 7) is 0. The Kier molecular flexibility index (Phi) is 7.96. The van der Waals surface area contributed by atoms with Gasteiger partial charge in [-0.15, -0.1) is 0 Å². The molecule has 64 heavy (non-hydrogen) atoms. The Morgan fingerprint density at radius 1 is 0.312 bits per heavy atom. The Bertz CT molecular complexity index is 3890. The van der Waals surface area contributed by atoms with Gasteiger partial charge in [0.25, 0.3) is 0 Å². The second-order valence-corrected chi connectivity index (χ2v) is 16.2. The summed E-state index contributed by atoms with van der Waals surface area (Å²) in [7, 11) is 0. The molecule has 0 fully saturated rings. The predicted octanol–water partition coefficient (Wildman–Crippen LogP) is 17.2. The summed E-state index contributed by atoms with van der Waals surface area (Å²) in [6.07, 6.45) is 0. The van der Waals surface area contributed by atoms with Gasteiger partial charge in [0.05, 0.1) is 17.9 Å². The highest BCUT2D eigenvalue weighted by Crippen LogP contribution is 2.41. The van der Waals surface area contributed by atoms with E-state index < -0.39 is 6.04 Å². The molecule has 0 radical (unpaired) electrons. The first-order valence-electron chi connectivity index (χ1n) is 24.1. The molecule has 0 saturated carbocycles. The van der Waals surface area contributed by atoms with Crippen molar-refractivity contribution in [1.82, 2.24) is 4.57 Å². The van der Waals surface area contributed by atoms with Crippen molar-refractivity contribution in [2.75, 3.05) is 4.90 Å². The Morgan fingerprint density at radius 3 is 1.52 bits per heavy atom. The number of anilines is 3. The van der Waals surface area contributed by atoms with E-state index in [2.05, 4.69) is 191 Å². The highest BCUT2D eigenvalue weighted by molar-refractivity contribution is 6.19. The number of aromatic nitrogens is 1. The van der Waals surface area contributed by atoms with Gasteiger partial charge in [-0.25, -0.2) is 0 Å². The third-order valence-corrected chi connectivity index (χ3v) is 12.4. The first kappa shape index (κ1) is 32.3. The molecule has 1 heterocycles. The van der Waals surface area contributed by atoms with Crippen LogP contribution < -0.4 is 4.90 Å². The smallest absolute Gasteiger partial charge is 0.0629 e. The van der Waals surface area contributed by atoms with Crippen LogP contribution in [-0.2, 0) is 0 Å². The molecule has 11 aromatic carbocycles. The predicted molar refractivity (Wildman–Crippen MR) is 272 cm³/mol. The number of nitrogens with zero attached hydrogens (tertiary/aromatic N) is 2. The van der Waals surface area contributed by atoms with Crippen molar-refractivity contribution < 1.29 is 6.85 Å². The summed E-state index contributed by atoms with van der Waals surface area (Å²) in [4.78, 5) is 2.19. The van der Waals surface area contributed by atoms with E-state index in [1.54, 1.807) is 0 Å². The molecular weight excluding hydrogens is 773 g/mol. The number of hydrogen-bond donors (Lipinski definition) is 0. The van der Waals surface area contributed by atoms with Gasteiger partial charge in [0, 0.05) is 38.9 Å². The van der Waals surface area contributed by atoms with Crippen LogP contribution in [0.5, 0.6) is 0 Å². The van der Waals surface area contributed by atoms with Crippen molar-refractivity contribution in [3.05, 3.63) is 255 Å². The molecule has 0 atom stereocenters. The van der Waals surface area contributed by atoms with Gasteiger partial charge in [-0.2, -0.15) is 0 Å². The number of fused-ring (bicyclic) bond motifs is 6. The molecule has 0 spiro atoms. The van der Waals surface area contributed by atoms with Gasteiger partial charge in [0.1, 0.15) is 0 Å². The van der Waals surface area contributed by atoms with Crippen molar-refractivity contribution in [3.63, 3.8) is 0 Å². The molecule has 0 unspecified atom stereocenters. The lowest BCUT2D eigenvalue weighted by Crippen LogP contribution is -2.09. The molecule has 0 amide bonds. The molecule has 300 valence electrons. The Labute approximate surface area is 380 Å². The minimum absolute atomic E-state index is 0.182. The molecule has 0 N–H and O–H groups in total. The van der Waals surface area contributed by atoms with E-state index >= 15 is 0 Å². The molecule has 0 saturated heterocycles. The number of rotatable bonds is 8. The zero-order valence-corrected chi connectivity index (χ0v) is 34.8. The van der Waals surface area contributed by atoms with Gasteiger partial charge in [-0.05, 0) is 121 Å². The molecule has 2 heteroatoms. The molecular formula is C62H42N2. The summed E-state index contributed by atoms with van der Waals surface area (Å²) in [5.74, 6) is 0. The second kappa shape index (κ2) is 15.8. The summed E-state index contributed by atoms with van der Waals surface area (Å²) in [5.41, 5.74) is 13.9. The number of benzene rings is 11. The fourth-order valence-electron chi connectivity index (χ4n) is 9.26. The third-order valence-electron chi connectivity index (χ3n) is 12.4. The Balaban J connectivity index is 0.882. The van der Waals surface area contributed by atoms with Crippen molar-refractivity contribution in [3.8, 4) is 50.2 Å². The average Bonchev–Trinajstić information content (AvgIpc) is 3.75. The minimum Gasteiger partial charge on any atom is -0.310 e. The van der Waals surface area contributed by atoms with Crippen molar-refractivity contribution in [1.29, 1.82) is 0 Å². The van der Waals surface area contributed by atoms with E-state index in [0.29, 0.717) is 5.56 Å².